The monoisotopic (exact) mass is 560 g/mol. The summed E-state index contributed by atoms with van der Waals surface area (Å²) in [6.07, 6.45) is 2.74. The van der Waals surface area contributed by atoms with Gasteiger partial charge in [-0.05, 0) is 49.8 Å². The number of aldehydes is 1. The summed E-state index contributed by atoms with van der Waals surface area (Å²) in [7, 11) is -2.25. The zero-order chi connectivity index (χ0) is 28.3. The molecule has 0 unspecified atom stereocenters. The fraction of sp³-hybridized carbons (Fsp3) is 0.519. The van der Waals surface area contributed by atoms with Crippen LogP contribution in [0.2, 0.25) is 0 Å². The molecule has 2 aromatic heterocycles. The summed E-state index contributed by atoms with van der Waals surface area (Å²) >= 11 is 0. The van der Waals surface area contributed by atoms with Gasteiger partial charge in [-0.25, -0.2) is 13.4 Å². The van der Waals surface area contributed by atoms with E-state index in [4.69, 9.17) is 9.72 Å². The van der Waals surface area contributed by atoms with Crippen LogP contribution in [-0.4, -0.2) is 76.2 Å². The molecule has 1 saturated heterocycles. The van der Waals surface area contributed by atoms with Gasteiger partial charge in [-0.2, -0.15) is 4.31 Å². The van der Waals surface area contributed by atoms with Crippen LogP contribution >= 0.6 is 0 Å². The van der Waals surface area contributed by atoms with Crippen molar-refractivity contribution in [2.45, 2.75) is 57.0 Å². The fourth-order valence-corrected chi connectivity index (χ4v) is 6.69. The second-order valence-corrected chi connectivity index (χ2v) is 11.8. The second-order valence-electron chi connectivity index (χ2n) is 9.90. The van der Waals surface area contributed by atoms with Crippen molar-refractivity contribution in [3.8, 4) is 17.1 Å². The Labute approximate surface area is 227 Å². The van der Waals surface area contributed by atoms with E-state index >= 15 is 0 Å². The topological polar surface area (TPSA) is 155 Å². The van der Waals surface area contributed by atoms with Crippen molar-refractivity contribution in [2.24, 2.45) is 13.0 Å². The number of aliphatic hydroxyl groups is 2. The first kappa shape index (κ1) is 28.9. The van der Waals surface area contributed by atoms with E-state index in [0.29, 0.717) is 54.0 Å². The lowest BCUT2D eigenvalue weighted by Crippen LogP contribution is -2.41. The Morgan fingerprint density at radius 3 is 2.56 bits per heavy atom. The van der Waals surface area contributed by atoms with Gasteiger partial charge in [-0.15, -0.1) is 0 Å². The SMILES string of the molecule is CCCOc1ccc(S(=O)(=O)N2CCC([C@@H](O)CO)CC2)cc1-c1nc2c(CCC)c(C=O)n(C)c2c(=O)[nH]1. The first-order valence-electron chi connectivity index (χ1n) is 13.3. The number of H-pyrrole nitrogens is 1. The lowest BCUT2D eigenvalue weighted by atomic mass is 9.93. The highest BCUT2D eigenvalue weighted by Gasteiger charge is 2.32. The van der Waals surface area contributed by atoms with Crippen LogP contribution in [0.15, 0.2) is 27.9 Å². The van der Waals surface area contributed by atoms with Crippen LogP contribution in [0.1, 0.15) is 55.6 Å². The van der Waals surface area contributed by atoms with Gasteiger partial charge in [0.25, 0.3) is 5.56 Å². The van der Waals surface area contributed by atoms with Gasteiger partial charge in [0.05, 0.1) is 35.5 Å². The van der Waals surface area contributed by atoms with Crippen LogP contribution in [0.4, 0.5) is 0 Å². The largest absolute Gasteiger partial charge is 0.493 e. The molecule has 11 nitrogen and oxygen atoms in total. The average molecular weight is 561 g/mol. The normalized spacial score (nSPS) is 16.0. The van der Waals surface area contributed by atoms with Crippen molar-refractivity contribution in [2.75, 3.05) is 26.3 Å². The van der Waals surface area contributed by atoms with Crippen molar-refractivity contribution in [3.05, 3.63) is 39.8 Å². The predicted molar refractivity (Wildman–Crippen MR) is 147 cm³/mol. The standard InChI is InChI=1S/C27H36N4O7S/c1-4-6-19-21(15-32)30(3)25-24(19)28-26(29-27(25)35)20-14-18(7-8-23(20)38-13-5-2)39(36,37)31-11-9-17(10-12-31)22(34)16-33/h7-8,14-15,17,22,33-34H,4-6,9-13,16H2,1-3H3,(H,28,29,35)/t22-/m0/s1. The Hall–Kier alpha value is -3.06. The number of nitrogens with one attached hydrogen (secondary N) is 1. The number of aromatic nitrogens is 3. The number of hydrogen-bond donors (Lipinski definition) is 3. The van der Waals surface area contributed by atoms with Crippen LogP contribution in [-0.2, 0) is 23.5 Å². The Morgan fingerprint density at radius 2 is 1.95 bits per heavy atom. The van der Waals surface area contributed by atoms with Gasteiger partial charge in [0.15, 0.2) is 6.29 Å². The molecule has 3 aromatic rings. The molecular weight excluding hydrogens is 524 g/mol. The number of ether oxygens (including phenoxy) is 1. The fourth-order valence-electron chi connectivity index (χ4n) is 5.20. The average Bonchev–Trinajstić information content (AvgIpc) is 3.22. The van der Waals surface area contributed by atoms with E-state index in [1.165, 1.54) is 21.0 Å². The Balaban J connectivity index is 1.81. The highest BCUT2D eigenvalue weighted by atomic mass is 32.2. The van der Waals surface area contributed by atoms with Crippen LogP contribution in [0.5, 0.6) is 5.75 Å². The molecule has 12 heteroatoms. The van der Waals surface area contributed by atoms with E-state index in [2.05, 4.69) is 4.98 Å². The van der Waals surface area contributed by atoms with Crippen molar-refractivity contribution in [3.63, 3.8) is 0 Å². The maximum atomic E-state index is 13.6. The molecule has 4 rings (SSSR count). The van der Waals surface area contributed by atoms with Gasteiger partial charge in [0, 0.05) is 25.7 Å². The number of rotatable bonds is 11. The predicted octanol–water partition coefficient (Wildman–Crippen LogP) is 2.24. The molecule has 1 aliphatic rings. The minimum atomic E-state index is -3.90. The lowest BCUT2D eigenvalue weighted by Gasteiger charge is -2.33. The molecule has 0 radical (unpaired) electrons. The lowest BCUT2D eigenvalue weighted by molar-refractivity contribution is 0.0278. The molecule has 0 amide bonds. The first-order valence-corrected chi connectivity index (χ1v) is 14.7. The zero-order valence-corrected chi connectivity index (χ0v) is 23.3. The molecule has 3 heterocycles. The maximum absolute atomic E-state index is 13.6. The third-order valence-electron chi connectivity index (χ3n) is 7.33. The van der Waals surface area contributed by atoms with Gasteiger partial charge in [-0.3, -0.25) is 9.59 Å². The summed E-state index contributed by atoms with van der Waals surface area (Å²) in [5.74, 6) is 0.370. The van der Waals surface area contributed by atoms with Gasteiger partial charge >= 0.3 is 0 Å². The molecular formula is C27H36N4O7S. The summed E-state index contributed by atoms with van der Waals surface area (Å²) in [6, 6.07) is 4.51. The van der Waals surface area contributed by atoms with Crippen molar-refractivity contribution in [1.29, 1.82) is 0 Å². The second kappa shape index (κ2) is 12.0. The molecule has 3 N–H and O–H groups in total. The number of aromatic amines is 1. The van der Waals surface area contributed by atoms with Gasteiger partial charge < -0.3 is 24.5 Å². The molecule has 0 aliphatic carbocycles. The number of hydrogen-bond acceptors (Lipinski definition) is 8. The Kier molecular flexibility index (Phi) is 8.90. The molecule has 1 aromatic carbocycles. The summed E-state index contributed by atoms with van der Waals surface area (Å²) < 4.78 is 36.0. The third kappa shape index (κ3) is 5.51. The zero-order valence-electron chi connectivity index (χ0n) is 22.5. The third-order valence-corrected chi connectivity index (χ3v) is 9.23. The summed E-state index contributed by atoms with van der Waals surface area (Å²) in [4.78, 5) is 32.6. The number of carbonyl (C=O) groups is 1. The number of carbonyl (C=O) groups excluding carboxylic acids is 1. The van der Waals surface area contributed by atoms with Gasteiger partial charge in [0.1, 0.15) is 22.6 Å². The number of piperidine rings is 1. The Morgan fingerprint density at radius 1 is 1.23 bits per heavy atom. The van der Waals surface area contributed by atoms with Gasteiger partial charge in [0.2, 0.25) is 10.0 Å². The van der Waals surface area contributed by atoms with Gasteiger partial charge in [-0.1, -0.05) is 20.3 Å². The van der Waals surface area contributed by atoms with Crippen LogP contribution < -0.4 is 10.3 Å². The van der Waals surface area contributed by atoms with E-state index in [0.717, 1.165) is 19.1 Å². The highest BCUT2D eigenvalue weighted by molar-refractivity contribution is 7.89. The smallest absolute Gasteiger partial charge is 0.275 e. The summed E-state index contributed by atoms with van der Waals surface area (Å²) in [5.41, 5.74) is 1.62. The van der Waals surface area contributed by atoms with E-state index in [1.54, 1.807) is 13.1 Å². The summed E-state index contributed by atoms with van der Waals surface area (Å²) in [6.45, 7) is 4.38. The number of fused-ring (bicyclic) bond motifs is 1. The van der Waals surface area contributed by atoms with E-state index < -0.39 is 21.7 Å². The molecule has 0 bridgehead atoms. The van der Waals surface area contributed by atoms with Crippen LogP contribution in [0.25, 0.3) is 22.4 Å². The molecule has 1 atom stereocenters. The van der Waals surface area contributed by atoms with Crippen LogP contribution in [0.3, 0.4) is 0 Å². The van der Waals surface area contributed by atoms with E-state index in [-0.39, 0.29) is 41.9 Å². The van der Waals surface area contributed by atoms with Crippen LogP contribution in [0, 0.1) is 5.92 Å². The quantitative estimate of drug-likeness (QED) is 0.302. The molecule has 1 aliphatic heterocycles. The van der Waals surface area contributed by atoms with E-state index in [1.807, 2.05) is 13.8 Å². The summed E-state index contributed by atoms with van der Waals surface area (Å²) in [5, 5.41) is 19.2. The molecule has 0 spiro atoms. The number of sulfonamides is 1. The number of aryl methyl sites for hydroxylation is 2. The van der Waals surface area contributed by atoms with Crippen molar-refractivity contribution >= 4 is 27.3 Å². The minimum Gasteiger partial charge on any atom is -0.493 e. The van der Waals surface area contributed by atoms with Crippen molar-refractivity contribution < 1.29 is 28.2 Å². The molecule has 212 valence electrons. The Bertz CT molecular complexity index is 1500. The molecule has 39 heavy (non-hydrogen) atoms. The number of nitrogens with zero attached hydrogens (tertiary/aromatic N) is 3. The number of benzene rings is 1. The maximum Gasteiger partial charge on any atom is 0.275 e. The first-order chi connectivity index (χ1) is 18.7. The van der Waals surface area contributed by atoms with Crippen molar-refractivity contribution in [1.82, 2.24) is 18.8 Å². The highest BCUT2D eigenvalue weighted by Crippen LogP contribution is 2.34. The molecule has 0 saturated carbocycles. The minimum absolute atomic E-state index is 0.0284. The molecule has 1 fully saturated rings. The number of aliphatic hydroxyl groups excluding tert-OH is 2. The van der Waals surface area contributed by atoms with E-state index in [9.17, 15) is 28.2 Å².